The summed E-state index contributed by atoms with van der Waals surface area (Å²) < 4.78 is 39.7. The van der Waals surface area contributed by atoms with Crippen molar-refractivity contribution in [1.29, 1.82) is 0 Å². The number of nitrogens with two attached hydrogens (primary N) is 1. The Labute approximate surface area is 122 Å². The van der Waals surface area contributed by atoms with Gasteiger partial charge in [-0.05, 0) is 67.7 Å². The first-order valence-corrected chi connectivity index (χ1v) is 7.68. The number of hydrogen-bond donors (Lipinski definition) is 2. The zero-order chi connectivity index (χ0) is 15.0. The molecule has 1 aromatic rings. The van der Waals surface area contributed by atoms with E-state index in [0.29, 0.717) is 11.5 Å². The Kier molecular flexibility index (Phi) is 4.22. The lowest BCUT2D eigenvalue weighted by atomic mass is 9.96. The quantitative estimate of drug-likeness (QED) is 0.759. The predicted octanol–water partition coefficient (Wildman–Crippen LogP) is 3.13. The lowest BCUT2D eigenvalue weighted by Gasteiger charge is -2.22. The van der Waals surface area contributed by atoms with Crippen molar-refractivity contribution < 1.29 is 13.2 Å². The van der Waals surface area contributed by atoms with Crippen LogP contribution in [0.15, 0.2) is 12.1 Å². The Morgan fingerprint density at radius 1 is 1.05 bits per heavy atom. The Hall–Kier alpha value is -1.07. The highest BCUT2D eigenvalue weighted by Gasteiger charge is 2.41. The van der Waals surface area contributed by atoms with Gasteiger partial charge in [0.1, 0.15) is 0 Å². The first-order valence-electron chi connectivity index (χ1n) is 7.68. The number of benzene rings is 1. The van der Waals surface area contributed by atoms with E-state index in [2.05, 4.69) is 5.32 Å². The van der Waals surface area contributed by atoms with Crippen LogP contribution in [-0.2, 0) is 0 Å². The Morgan fingerprint density at radius 3 is 2.00 bits per heavy atom. The summed E-state index contributed by atoms with van der Waals surface area (Å²) in [4.78, 5) is 0. The van der Waals surface area contributed by atoms with E-state index >= 15 is 0 Å². The first kappa shape index (κ1) is 14.9. The average Bonchev–Trinajstić information content (AvgIpc) is 3.34. The highest BCUT2D eigenvalue weighted by atomic mass is 19.2. The molecule has 2 aliphatic carbocycles. The summed E-state index contributed by atoms with van der Waals surface area (Å²) in [5.41, 5.74) is 6.09. The fourth-order valence-electron chi connectivity index (χ4n) is 3.16. The van der Waals surface area contributed by atoms with Gasteiger partial charge in [-0.2, -0.15) is 0 Å². The van der Waals surface area contributed by atoms with E-state index in [1.807, 2.05) is 0 Å². The molecule has 116 valence electrons. The van der Waals surface area contributed by atoms with Crippen LogP contribution in [0.5, 0.6) is 0 Å². The largest absolute Gasteiger partial charge is 0.329 e. The summed E-state index contributed by atoms with van der Waals surface area (Å²) in [6.45, 7) is 1.05. The van der Waals surface area contributed by atoms with Gasteiger partial charge in [-0.25, -0.2) is 13.2 Å². The number of rotatable bonds is 7. The van der Waals surface area contributed by atoms with Crippen LogP contribution in [0, 0.1) is 35.2 Å². The van der Waals surface area contributed by atoms with Crippen molar-refractivity contribution in [2.24, 2.45) is 23.5 Å². The van der Waals surface area contributed by atoms with Crippen molar-refractivity contribution in [2.75, 3.05) is 13.1 Å². The minimum absolute atomic E-state index is 0.229. The van der Waals surface area contributed by atoms with Crippen LogP contribution in [-0.4, -0.2) is 13.1 Å². The number of halogens is 3. The highest BCUT2D eigenvalue weighted by molar-refractivity contribution is 5.23. The van der Waals surface area contributed by atoms with Gasteiger partial charge in [-0.15, -0.1) is 0 Å². The van der Waals surface area contributed by atoms with Crippen LogP contribution in [0.1, 0.15) is 37.3 Å². The minimum atomic E-state index is -1.43. The normalized spacial score (nSPS) is 20.0. The van der Waals surface area contributed by atoms with Crippen molar-refractivity contribution in [1.82, 2.24) is 5.32 Å². The Balaban J connectivity index is 1.66. The molecule has 0 amide bonds. The molecule has 0 aromatic heterocycles. The van der Waals surface area contributed by atoms with Gasteiger partial charge in [0.25, 0.3) is 0 Å². The van der Waals surface area contributed by atoms with Crippen LogP contribution >= 0.6 is 0 Å². The molecule has 0 radical (unpaired) electrons. The van der Waals surface area contributed by atoms with Crippen LogP contribution < -0.4 is 11.1 Å². The highest BCUT2D eigenvalue weighted by Crippen LogP contribution is 2.49. The molecule has 2 fully saturated rings. The molecule has 1 unspecified atom stereocenters. The molecular weight excluding hydrogens is 277 g/mol. The van der Waals surface area contributed by atoms with Crippen LogP contribution in [0.4, 0.5) is 13.2 Å². The average molecular weight is 298 g/mol. The second-order valence-corrected chi connectivity index (χ2v) is 6.33. The second-order valence-electron chi connectivity index (χ2n) is 6.33. The van der Waals surface area contributed by atoms with Crippen molar-refractivity contribution in [3.63, 3.8) is 0 Å². The van der Waals surface area contributed by atoms with Gasteiger partial charge in [0.05, 0.1) is 0 Å². The van der Waals surface area contributed by atoms with E-state index in [9.17, 15) is 13.2 Å². The molecule has 2 saturated carbocycles. The molecule has 0 bridgehead atoms. The molecule has 3 rings (SSSR count). The fraction of sp³-hybridized carbons (Fsp3) is 0.625. The maximum atomic E-state index is 13.3. The van der Waals surface area contributed by atoms with Gasteiger partial charge in [0.2, 0.25) is 0 Å². The zero-order valence-corrected chi connectivity index (χ0v) is 11.9. The molecule has 0 heterocycles. The maximum absolute atomic E-state index is 13.3. The van der Waals surface area contributed by atoms with Gasteiger partial charge in [0.15, 0.2) is 17.5 Å². The standard InChI is InChI=1S/C16H21F3N2/c17-13-5-11(6-14(18)16(13)19)15(7-20)21-8-12(9-1-2-9)10-3-4-10/h5-6,9-10,12,15,21H,1-4,7-8,20H2. The SMILES string of the molecule is NCC(NCC(C1CC1)C1CC1)c1cc(F)c(F)c(F)c1. The lowest BCUT2D eigenvalue weighted by molar-refractivity contribution is 0.356. The molecule has 5 heteroatoms. The van der Waals surface area contributed by atoms with Crippen molar-refractivity contribution in [3.05, 3.63) is 35.1 Å². The zero-order valence-electron chi connectivity index (χ0n) is 11.9. The van der Waals surface area contributed by atoms with Gasteiger partial charge in [-0.1, -0.05) is 0 Å². The summed E-state index contributed by atoms with van der Waals surface area (Å²) in [5, 5.41) is 3.32. The van der Waals surface area contributed by atoms with E-state index in [-0.39, 0.29) is 12.6 Å². The third-order valence-electron chi connectivity index (χ3n) is 4.70. The van der Waals surface area contributed by atoms with Gasteiger partial charge in [0, 0.05) is 12.6 Å². The Bertz CT molecular complexity index is 477. The smallest absolute Gasteiger partial charge is 0.194 e. The topological polar surface area (TPSA) is 38.0 Å². The van der Waals surface area contributed by atoms with E-state index in [4.69, 9.17) is 5.73 Å². The fourth-order valence-corrected chi connectivity index (χ4v) is 3.16. The molecule has 0 saturated heterocycles. The molecule has 2 nitrogen and oxygen atoms in total. The third kappa shape index (κ3) is 3.40. The maximum Gasteiger partial charge on any atom is 0.194 e. The van der Waals surface area contributed by atoms with E-state index < -0.39 is 17.5 Å². The van der Waals surface area contributed by atoms with Crippen molar-refractivity contribution >= 4 is 0 Å². The van der Waals surface area contributed by atoms with E-state index in [1.165, 1.54) is 25.7 Å². The summed E-state index contributed by atoms with van der Waals surface area (Å²) in [6.07, 6.45) is 5.15. The molecule has 0 aliphatic heterocycles. The van der Waals surface area contributed by atoms with Crippen LogP contribution in [0.25, 0.3) is 0 Å². The molecule has 0 spiro atoms. The summed E-state index contributed by atoms with van der Waals surface area (Å²) in [6, 6.07) is 1.73. The molecular formula is C16H21F3N2. The minimum Gasteiger partial charge on any atom is -0.329 e. The second kappa shape index (κ2) is 5.97. The predicted molar refractivity (Wildman–Crippen MR) is 75.1 cm³/mol. The van der Waals surface area contributed by atoms with Crippen LogP contribution in [0.3, 0.4) is 0 Å². The van der Waals surface area contributed by atoms with Crippen molar-refractivity contribution in [2.45, 2.75) is 31.7 Å². The molecule has 21 heavy (non-hydrogen) atoms. The van der Waals surface area contributed by atoms with Gasteiger partial charge < -0.3 is 11.1 Å². The lowest BCUT2D eigenvalue weighted by Crippen LogP contribution is -2.33. The number of hydrogen-bond acceptors (Lipinski definition) is 2. The molecule has 2 aliphatic rings. The summed E-state index contributed by atoms with van der Waals surface area (Å²) in [7, 11) is 0. The van der Waals surface area contributed by atoms with E-state index in [0.717, 1.165) is 30.5 Å². The molecule has 1 aromatic carbocycles. The molecule has 1 atom stereocenters. The Morgan fingerprint density at radius 2 is 1.57 bits per heavy atom. The van der Waals surface area contributed by atoms with Gasteiger partial charge in [-0.3, -0.25) is 0 Å². The monoisotopic (exact) mass is 298 g/mol. The summed E-state index contributed by atoms with van der Waals surface area (Å²) in [5.74, 6) is -1.51. The van der Waals surface area contributed by atoms with E-state index in [1.54, 1.807) is 0 Å². The molecule has 3 N–H and O–H groups in total. The third-order valence-corrected chi connectivity index (χ3v) is 4.70. The van der Waals surface area contributed by atoms with Crippen molar-refractivity contribution in [3.8, 4) is 0 Å². The van der Waals surface area contributed by atoms with Gasteiger partial charge >= 0.3 is 0 Å². The van der Waals surface area contributed by atoms with Crippen LogP contribution in [0.2, 0.25) is 0 Å². The summed E-state index contributed by atoms with van der Waals surface area (Å²) >= 11 is 0. The first-order chi connectivity index (χ1) is 10.1. The number of nitrogens with one attached hydrogen (secondary N) is 1.